The van der Waals surface area contributed by atoms with Gasteiger partial charge in [-0.15, -0.1) is 11.3 Å². The number of aryl methyl sites for hydroxylation is 3. The summed E-state index contributed by atoms with van der Waals surface area (Å²) in [7, 11) is 1.80. The van der Waals surface area contributed by atoms with Gasteiger partial charge in [-0.25, -0.2) is 4.98 Å². The molecule has 0 aliphatic rings. The van der Waals surface area contributed by atoms with Crippen LogP contribution in [0.15, 0.2) is 5.38 Å². The molecule has 98 valence electrons. The monoisotopic (exact) mass is 285 g/mol. The smallest absolute Gasteiger partial charge is 0.130 e. The first-order valence-corrected chi connectivity index (χ1v) is 7.00. The molecule has 1 atom stereocenters. The number of thiazole rings is 1. The molecular formula is C12H16ClN3OS. The van der Waals surface area contributed by atoms with E-state index in [1.54, 1.807) is 23.1 Å². The van der Waals surface area contributed by atoms with Crippen LogP contribution in [0, 0.1) is 13.8 Å². The maximum absolute atomic E-state index is 10.1. The lowest BCUT2D eigenvalue weighted by Gasteiger charge is -2.08. The van der Waals surface area contributed by atoms with Gasteiger partial charge in [-0.2, -0.15) is 5.10 Å². The number of halogens is 1. The van der Waals surface area contributed by atoms with Crippen LogP contribution in [-0.4, -0.2) is 26.0 Å². The van der Waals surface area contributed by atoms with Crippen LogP contribution >= 0.6 is 22.9 Å². The van der Waals surface area contributed by atoms with Crippen molar-refractivity contribution in [1.82, 2.24) is 14.8 Å². The second-order valence-electron chi connectivity index (χ2n) is 4.42. The summed E-state index contributed by atoms with van der Waals surface area (Å²) in [5, 5.41) is 17.9. The standard InChI is InChI=1S/C12H16ClN3OS/c1-7-6-18-11(14-7)5-9(17)4-10-8(2)15-16(3)12(10)13/h6,9,17H,4-5H2,1-3H3. The van der Waals surface area contributed by atoms with Crippen LogP contribution in [0.1, 0.15) is 22.0 Å². The van der Waals surface area contributed by atoms with Crippen molar-refractivity contribution in [2.75, 3.05) is 0 Å². The Bertz CT molecular complexity index is 550. The molecule has 0 saturated heterocycles. The molecule has 1 N–H and O–H groups in total. The summed E-state index contributed by atoms with van der Waals surface area (Å²) in [6.07, 6.45) is 0.594. The van der Waals surface area contributed by atoms with Gasteiger partial charge < -0.3 is 5.11 Å². The molecule has 0 radical (unpaired) electrons. The molecule has 0 aliphatic carbocycles. The van der Waals surface area contributed by atoms with Gasteiger partial charge in [0.15, 0.2) is 0 Å². The van der Waals surface area contributed by atoms with E-state index < -0.39 is 6.10 Å². The minimum atomic E-state index is -0.476. The van der Waals surface area contributed by atoms with E-state index >= 15 is 0 Å². The van der Waals surface area contributed by atoms with Crippen molar-refractivity contribution in [2.45, 2.75) is 32.8 Å². The first kappa shape index (κ1) is 13.5. The van der Waals surface area contributed by atoms with Crippen molar-refractivity contribution in [1.29, 1.82) is 0 Å². The number of aliphatic hydroxyl groups is 1. The number of rotatable bonds is 4. The van der Waals surface area contributed by atoms with Crippen molar-refractivity contribution in [2.24, 2.45) is 7.05 Å². The summed E-state index contributed by atoms with van der Waals surface area (Å²) in [6, 6.07) is 0. The highest BCUT2D eigenvalue weighted by atomic mass is 35.5. The molecule has 18 heavy (non-hydrogen) atoms. The minimum absolute atomic E-state index is 0.476. The second kappa shape index (κ2) is 5.38. The van der Waals surface area contributed by atoms with Crippen molar-refractivity contribution in [3.63, 3.8) is 0 Å². The Balaban J connectivity index is 2.05. The highest BCUT2D eigenvalue weighted by Gasteiger charge is 2.16. The Morgan fingerprint density at radius 2 is 2.17 bits per heavy atom. The number of nitrogens with zero attached hydrogens (tertiary/aromatic N) is 3. The maximum atomic E-state index is 10.1. The second-order valence-corrected chi connectivity index (χ2v) is 5.72. The van der Waals surface area contributed by atoms with Crippen LogP contribution in [0.5, 0.6) is 0 Å². The zero-order valence-electron chi connectivity index (χ0n) is 10.6. The molecule has 1 unspecified atom stereocenters. The third-order valence-corrected chi connectivity index (χ3v) is 4.25. The molecule has 0 aliphatic heterocycles. The van der Waals surface area contributed by atoms with E-state index in [1.165, 1.54) is 0 Å². The van der Waals surface area contributed by atoms with Gasteiger partial charge in [-0.05, 0) is 13.8 Å². The fraction of sp³-hybridized carbons (Fsp3) is 0.500. The number of hydrogen-bond donors (Lipinski definition) is 1. The van der Waals surface area contributed by atoms with E-state index in [0.717, 1.165) is 22.0 Å². The van der Waals surface area contributed by atoms with Gasteiger partial charge in [0.2, 0.25) is 0 Å². The number of aromatic nitrogens is 3. The molecule has 4 nitrogen and oxygen atoms in total. The van der Waals surface area contributed by atoms with Gasteiger partial charge >= 0.3 is 0 Å². The van der Waals surface area contributed by atoms with Crippen LogP contribution in [0.25, 0.3) is 0 Å². The molecule has 0 amide bonds. The third kappa shape index (κ3) is 2.91. The van der Waals surface area contributed by atoms with Crippen molar-refractivity contribution in [3.05, 3.63) is 32.5 Å². The van der Waals surface area contributed by atoms with Gasteiger partial charge in [-0.1, -0.05) is 11.6 Å². The Labute approximate surface area is 115 Å². The summed E-state index contributed by atoms with van der Waals surface area (Å²) in [5.74, 6) is 0. The van der Waals surface area contributed by atoms with E-state index in [1.807, 2.05) is 19.2 Å². The lowest BCUT2D eigenvalue weighted by atomic mass is 10.1. The quantitative estimate of drug-likeness (QED) is 0.938. The molecule has 2 heterocycles. The Morgan fingerprint density at radius 3 is 2.67 bits per heavy atom. The van der Waals surface area contributed by atoms with Crippen molar-refractivity contribution < 1.29 is 5.11 Å². The molecule has 2 aromatic heterocycles. The Morgan fingerprint density at radius 1 is 1.44 bits per heavy atom. The molecule has 0 aromatic carbocycles. The number of aliphatic hydroxyl groups excluding tert-OH is 1. The Kier molecular flexibility index (Phi) is 4.04. The fourth-order valence-electron chi connectivity index (χ4n) is 1.91. The first-order valence-electron chi connectivity index (χ1n) is 5.74. The fourth-order valence-corrected chi connectivity index (χ4v) is 3.01. The van der Waals surface area contributed by atoms with Crippen LogP contribution < -0.4 is 0 Å². The minimum Gasteiger partial charge on any atom is -0.392 e. The van der Waals surface area contributed by atoms with Crippen molar-refractivity contribution in [3.8, 4) is 0 Å². The maximum Gasteiger partial charge on any atom is 0.130 e. The lowest BCUT2D eigenvalue weighted by molar-refractivity contribution is 0.175. The predicted molar refractivity (Wildman–Crippen MR) is 73.2 cm³/mol. The zero-order chi connectivity index (χ0) is 13.3. The summed E-state index contributed by atoms with van der Waals surface area (Å²) in [4.78, 5) is 4.35. The van der Waals surface area contributed by atoms with E-state index in [9.17, 15) is 5.11 Å². The summed E-state index contributed by atoms with van der Waals surface area (Å²) < 4.78 is 1.63. The van der Waals surface area contributed by atoms with Gasteiger partial charge in [0.1, 0.15) is 5.15 Å². The Hall–Kier alpha value is -0.910. The van der Waals surface area contributed by atoms with Crippen molar-refractivity contribution >= 4 is 22.9 Å². The molecule has 0 spiro atoms. The third-order valence-electron chi connectivity index (χ3n) is 2.79. The molecule has 0 fully saturated rings. The normalized spacial score (nSPS) is 12.9. The lowest BCUT2D eigenvalue weighted by Crippen LogP contribution is -2.14. The molecule has 2 rings (SSSR count). The molecule has 6 heteroatoms. The topological polar surface area (TPSA) is 50.9 Å². The van der Waals surface area contributed by atoms with Crippen LogP contribution in [-0.2, 0) is 19.9 Å². The summed E-state index contributed by atoms with van der Waals surface area (Å²) in [5.41, 5.74) is 2.79. The van der Waals surface area contributed by atoms with Gasteiger partial charge in [0.25, 0.3) is 0 Å². The SMILES string of the molecule is Cc1csc(CC(O)Cc2c(C)nn(C)c2Cl)n1. The summed E-state index contributed by atoms with van der Waals surface area (Å²) >= 11 is 7.72. The molecule has 0 bridgehead atoms. The predicted octanol–water partition coefficient (Wildman–Crippen LogP) is 2.29. The highest BCUT2D eigenvalue weighted by molar-refractivity contribution is 7.09. The number of hydrogen-bond acceptors (Lipinski definition) is 4. The molecular weight excluding hydrogens is 270 g/mol. The largest absolute Gasteiger partial charge is 0.392 e. The first-order chi connectivity index (χ1) is 8.47. The molecule has 2 aromatic rings. The van der Waals surface area contributed by atoms with E-state index in [-0.39, 0.29) is 0 Å². The molecule has 0 saturated carbocycles. The van der Waals surface area contributed by atoms with E-state index in [4.69, 9.17) is 11.6 Å². The van der Waals surface area contributed by atoms with E-state index in [2.05, 4.69) is 10.1 Å². The van der Waals surface area contributed by atoms with E-state index in [0.29, 0.717) is 18.0 Å². The van der Waals surface area contributed by atoms with Crippen LogP contribution in [0.2, 0.25) is 5.15 Å². The van der Waals surface area contributed by atoms with Gasteiger partial charge in [0.05, 0.1) is 16.8 Å². The highest BCUT2D eigenvalue weighted by Crippen LogP contribution is 2.21. The summed E-state index contributed by atoms with van der Waals surface area (Å²) in [6.45, 7) is 3.86. The average Bonchev–Trinajstić information content (AvgIpc) is 2.78. The average molecular weight is 286 g/mol. The van der Waals surface area contributed by atoms with Gasteiger partial charge in [-0.3, -0.25) is 4.68 Å². The van der Waals surface area contributed by atoms with Crippen LogP contribution in [0.4, 0.5) is 0 Å². The van der Waals surface area contributed by atoms with Gasteiger partial charge in [0, 0.05) is 36.5 Å². The zero-order valence-corrected chi connectivity index (χ0v) is 12.2. The van der Waals surface area contributed by atoms with Crippen LogP contribution in [0.3, 0.4) is 0 Å².